The molecule has 0 atom stereocenters. The number of aryl methyl sites for hydroxylation is 3. The summed E-state index contributed by atoms with van der Waals surface area (Å²) in [6.45, 7) is 6.30. The number of fused-ring (bicyclic) bond motifs is 1. The molecule has 14 heavy (non-hydrogen) atoms. The van der Waals surface area contributed by atoms with Crippen molar-refractivity contribution in [3.63, 3.8) is 0 Å². The predicted molar refractivity (Wildman–Crippen MR) is 58.4 cm³/mol. The number of hydrogen-bond donors (Lipinski definition) is 0. The molecule has 2 nitrogen and oxygen atoms in total. The minimum Gasteiger partial charge on any atom is -0.255 e. The van der Waals surface area contributed by atoms with Gasteiger partial charge in [-0.2, -0.15) is 0 Å². The van der Waals surface area contributed by atoms with Crippen LogP contribution in [0.2, 0.25) is 0 Å². The van der Waals surface area contributed by atoms with E-state index in [1.807, 2.05) is 12.3 Å². The summed E-state index contributed by atoms with van der Waals surface area (Å²) in [6, 6.07) is 4.12. The predicted octanol–water partition coefficient (Wildman–Crippen LogP) is 2.81. The lowest BCUT2D eigenvalue weighted by molar-refractivity contribution is 1.02. The van der Waals surface area contributed by atoms with Crippen LogP contribution in [0.4, 0.5) is 0 Å². The van der Waals surface area contributed by atoms with E-state index in [-0.39, 0.29) is 0 Å². The number of nitrogens with zero attached hydrogens (tertiary/aromatic N) is 2. The molecule has 2 aromatic rings. The van der Waals surface area contributed by atoms with Gasteiger partial charge in [0.2, 0.25) is 0 Å². The summed E-state index contributed by atoms with van der Waals surface area (Å²) in [5.74, 6) is 0. The van der Waals surface area contributed by atoms with E-state index >= 15 is 0 Å². The highest BCUT2D eigenvalue weighted by atomic mass is 14.8. The summed E-state index contributed by atoms with van der Waals surface area (Å²) >= 11 is 0. The van der Waals surface area contributed by atoms with Crippen LogP contribution in [0.3, 0.4) is 0 Å². The average molecular weight is 186 g/mol. The summed E-state index contributed by atoms with van der Waals surface area (Å²) in [5, 5.41) is 0. The quantitative estimate of drug-likeness (QED) is 0.684. The van der Waals surface area contributed by atoms with Crippen molar-refractivity contribution in [2.45, 2.75) is 27.2 Å². The van der Waals surface area contributed by atoms with E-state index in [9.17, 15) is 0 Å². The molecule has 2 rings (SSSR count). The van der Waals surface area contributed by atoms with Gasteiger partial charge in [-0.15, -0.1) is 0 Å². The molecule has 0 radical (unpaired) electrons. The maximum Gasteiger partial charge on any atom is 0.0919 e. The van der Waals surface area contributed by atoms with Crippen molar-refractivity contribution in [2.24, 2.45) is 0 Å². The van der Waals surface area contributed by atoms with Gasteiger partial charge in [0.25, 0.3) is 0 Å². The first kappa shape index (κ1) is 9.13. The Labute approximate surface area is 84.0 Å². The smallest absolute Gasteiger partial charge is 0.0919 e. The molecule has 0 saturated heterocycles. The van der Waals surface area contributed by atoms with Gasteiger partial charge >= 0.3 is 0 Å². The summed E-state index contributed by atoms with van der Waals surface area (Å²) in [4.78, 5) is 8.95. The van der Waals surface area contributed by atoms with Gasteiger partial charge in [-0.3, -0.25) is 9.97 Å². The lowest BCUT2D eigenvalue weighted by atomic mass is 10.1. The molecule has 0 aliphatic carbocycles. The first-order chi connectivity index (χ1) is 6.72. The zero-order valence-electron chi connectivity index (χ0n) is 8.83. The van der Waals surface area contributed by atoms with E-state index in [0.717, 1.165) is 17.5 Å². The Bertz CT molecular complexity index is 475. The zero-order valence-corrected chi connectivity index (χ0v) is 8.83. The molecule has 0 aliphatic rings. The van der Waals surface area contributed by atoms with Crippen LogP contribution in [-0.4, -0.2) is 9.97 Å². The molecule has 0 spiro atoms. The second kappa shape index (κ2) is 3.37. The summed E-state index contributed by atoms with van der Waals surface area (Å²) in [7, 11) is 0. The summed E-state index contributed by atoms with van der Waals surface area (Å²) in [5.41, 5.74) is 5.64. The molecular formula is C12H14N2. The minimum atomic E-state index is 0.982. The normalized spacial score (nSPS) is 10.8. The highest BCUT2D eigenvalue weighted by Crippen LogP contribution is 2.17. The van der Waals surface area contributed by atoms with Crippen molar-refractivity contribution in [1.29, 1.82) is 0 Å². The fourth-order valence-electron chi connectivity index (χ4n) is 1.69. The third-order valence-corrected chi connectivity index (χ3v) is 2.54. The Morgan fingerprint density at radius 3 is 2.71 bits per heavy atom. The second-order valence-electron chi connectivity index (χ2n) is 3.60. The van der Waals surface area contributed by atoms with Crippen LogP contribution in [0.1, 0.15) is 23.7 Å². The highest BCUT2D eigenvalue weighted by molar-refractivity contribution is 5.78. The van der Waals surface area contributed by atoms with Gasteiger partial charge in [0.05, 0.1) is 11.0 Å². The summed E-state index contributed by atoms with van der Waals surface area (Å²) < 4.78 is 0. The third kappa shape index (κ3) is 1.37. The van der Waals surface area contributed by atoms with Gasteiger partial charge in [-0.05, 0) is 43.5 Å². The van der Waals surface area contributed by atoms with Crippen LogP contribution < -0.4 is 0 Å². The standard InChI is InChI=1S/C12H14N2/c1-4-10-9(3)7-11-12(14-10)8(2)5-6-13-11/h5-7H,4H2,1-3H3. The van der Waals surface area contributed by atoms with Gasteiger partial charge in [0.15, 0.2) is 0 Å². The zero-order chi connectivity index (χ0) is 10.1. The Hall–Kier alpha value is -1.44. The van der Waals surface area contributed by atoms with Crippen molar-refractivity contribution in [3.8, 4) is 0 Å². The average Bonchev–Trinajstić information content (AvgIpc) is 2.17. The Balaban J connectivity index is 2.80. The van der Waals surface area contributed by atoms with Gasteiger partial charge in [-0.1, -0.05) is 6.92 Å². The lowest BCUT2D eigenvalue weighted by Crippen LogP contribution is -1.95. The molecule has 2 heterocycles. The van der Waals surface area contributed by atoms with Crippen LogP contribution in [0.5, 0.6) is 0 Å². The molecule has 0 aliphatic heterocycles. The molecule has 0 unspecified atom stereocenters. The van der Waals surface area contributed by atoms with Gasteiger partial charge in [0.1, 0.15) is 0 Å². The summed E-state index contributed by atoms with van der Waals surface area (Å²) in [6.07, 6.45) is 2.82. The SMILES string of the molecule is CCc1nc2c(C)ccnc2cc1C. The molecule has 0 N–H and O–H groups in total. The maximum absolute atomic E-state index is 4.63. The monoisotopic (exact) mass is 186 g/mol. The Morgan fingerprint density at radius 2 is 2.00 bits per heavy atom. The van der Waals surface area contributed by atoms with E-state index in [4.69, 9.17) is 0 Å². The van der Waals surface area contributed by atoms with Gasteiger partial charge in [-0.25, -0.2) is 0 Å². The van der Waals surface area contributed by atoms with Crippen LogP contribution in [-0.2, 0) is 6.42 Å². The van der Waals surface area contributed by atoms with Crippen molar-refractivity contribution in [1.82, 2.24) is 9.97 Å². The topological polar surface area (TPSA) is 25.8 Å². The molecule has 2 heteroatoms. The molecule has 0 fully saturated rings. The molecule has 0 amide bonds. The van der Waals surface area contributed by atoms with Crippen molar-refractivity contribution < 1.29 is 0 Å². The molecular weight excluding hydrogens is 172 g/mol. The van der Waals surface area contributed by atoms with Crippen LogP contribution >= 0.6 is 0 Å². The van der Waals surface area contributed by atoms with E-state index in [0.29, 0.717) is 0 Å². The van der Waals surface area contributed by atoms with E-state index in [1.54, 1.807) is 0 Å². The van der Waals surface area contributed by atoms with Gasteiger partial charge < -0.3 is 0 Å². The van der Waals surface area contributed by atoms with Crippen LogP contribution in [0, 0.1) is 13.8 Å². The molecule has 0 bridgehead atoms. The number of pyridine rings is 2. The minimum absolute atomic E-state index is 0.982. The van der Waals surface area contributed by atoms with Crippen molar-refractivity contribution in [2.75, 3.05) is 0 Å². The van der Waals surface area contributed by atoms with E-state index in [2.05, 4.69) is 36.8 Å². The molecule has 2 aromatic heterocycles. The molecule has 0 aromatic carbocycles. The highest BCUT2D eigenvalue weighted by Gasteiger charge is 2.03. The van der Waals surface area contributed by atoms with Gasteiger partial charge in [0, 0.05) is 11.9 Å². The first-order valence-corrected chi connectivity index (χ1v) is 4.94. The Morgan fingerprint density at radius 1 is 1.21 bits per heavy atom. The number of aromatic nitrogens is 2. The molecule has 0 saturated carbocycles. The Kier molecular flexibility index (Phi) is 2.20. The number of hydrogen-bond acceptors (Lipinski definition) is 2. The fraction of sp³-hybridized carbons (Fsp3) is 0.333. The number of rotatable bonds is 1. The second-order valence-corrected chi connectivity index (χ2v) is 3.60. The van der Waals surface area contributed by atoms with Crippen molar-refractivity contribution in [3.05, 3.63) is 35.2 Å². The lowest BCUT2D eigenvalue weighted by Gasteiger charge is -2.05. The van der Waals surface area contributed by atoms with Crippen LogP contribution in [0.15, 0.2) is 18.3 Å². The fourth-order valence-corrected chi connectivity index (χ4v) is 1.69. The third-order valence-electron chi connectivity index (χ3n) is 2.54. The molecule has 72 valence electrons. The largest absolute Gasteiger partial charge is 0.255 e. The maximum atomic E-state index is 4.63. The first-order valence-electron chi connectivity index (χ1n) is 4.94. The van der Waals surface area contributed by atoms with Crippen LogP contribution in [0.25, 0.3) is 11.0 Å². The van der Waals surface area contributed by atoms with E-state index in [1.165, 1.54) is 16.8 Å². The van der Waals surface area contributed by atoms with Crippen molar-refractivity contribution >= 4 is 11.0 Å². The van der Waals surface area contributed by atoms with E-state index < -0.39 is 0 Å².